The van der Waals surface area contributed by atoms with E-state index in [4.69, 9.17) is 14.6 Å². The SMILES string of the molecule is CC(C)(C)OC(=O)NCC=Cc1ccc(OCCO)cc1. The smallest absolute Gasteiger partial charge is 0.407 e. The molecule has 1 amide bonds. The van der Waals surface area contributed by atoms with Gasteiger partial charge in [0.2, 0.25) is 0 Å². The van der Waals surface area contributed by atoms with Gasteiger partial charge in [-0.2, -0.15) is 0 Å². The van der Waals surface area contributed by atoms with Gasteiger partial charge in [0.15, 0.2) is 0 Å². The third-order valence-corrected chi connectivity index (χ3v) is 2.31. The fraction of sp³-hybridized carbons (Fsp3) is 0.438. The maximum absolute atomic E-state index is 11.4. The fourth-order valence-corrected chi connectivity index (χ4v) is 1.49. The number of ether oxygens (including phenoxy) is 2. The van der Waals surface area contributed by atoms with Gasteiger partial charge in [0, 0.05) is 6.54 Å². The maximum Gasteiger partial charge on any atom is 0.407 e. The van der Waals surface area contributed by atoms with E-state index in [1.54, 1.807) is 0 Å². The van der Waals surface area contributed by atoms with Crippen LogP contribution in [0.5, 0.6) is 5.75 Å². The Morgan fingerprint density at radius 1 is 1.29 bits per heavy atom. The van der Waals surface area contributed by atoms with Crippen molar-refractivity contribution in [3.05, 3.63) is 35.9 Å². The zero-order chi connectivity index (χ0) is 15.7. The minimum Gasteiger partial charge on any atom is -0.491 e. The summed E-state index contributed by atoms with van der Waals surface area (Å²) in [7, 11) is 0. The Morgan fingerprint density at radius 3 is 2.52 bits per heavy atom. The summed E-state index contributed by atoms with van der Waals surface area (Å²) in [5.74, 6) is 0.716. The normalized spacial score (nSPS) is 11.4. The van der Waals surface area contributed by atoms with Crippen LogP contribution >= 0.6 is 0 Å². The fourth-order valence-electron chi connectivity index (χ4n) is 1.49. The van der Waals surface area contributed by atoms with E-state index in [-0.39, 0.29) is 13.2 Å². The van der Waals surface area contributed by atoms with Gasteiger partial charge in [0.25, 0.3) is 0 Å². The largest absolute Gasteiger partial charge is 0.491 e. The summed E-state index contributed by atoms with van der Waals surface area (Å²) in [6.07, 6.45) is 3.31. The van der Waals surface area contributed by atoms with E-state index in [1.807, 2.05) is 57.2 Å². The molecule has 0 saturated carbocycles. The van der Waals surface area contributed by atoms with Crippen LogP contribution in [0.2, 0.25) is 0 Å². The van der Waals surface area contributed by atoms with Crippen LogP contribution in [0.4, 0.5) is 4.79 Å². The Morgan fingerprint density at radius 2 is 1.95 bits per heavy atom. The zero-order valence-electron chi connectivity index (χ0n) is 12.8. The van der Waals surface area contributed by atoms with Gasteiger partial charge in [-0.25, -0.2) is 4.79 Å². The standard InChI is InChI=1S/C16H23NO4/c1-16(2,3)21-15(19)17-10-4-5-13-6-8-14(9-7-13)20-12-11-18/h4-9,18H,10-12H2,1-3H3,(H,17,19). The number of alkyl carbamates (subject to hydrolysis) is 1. The molecule has 21 heavy (non-hydrogen) atoms. The van der Waals surface area contributed by atoms with Crippen LogP contribution in [0.25, 0.3) is 6.08 Å². The lowest BCUT2D eigenvalue weighted by molar-refractivity contribution is 0.0534. The molecule has 0 radical (unpaired) electrons. The number of hydrogen-bond donors (Lipinski definition) is 2. The highest BCUT2D eigenvalue weighted by atomic mass is 16.6. The highest BCUT2D eigenvalue weighted by molar-refractivity contribution is 5.68. The minimum atomic E-state index is -0.488. The van der Waals surface area contributed by atoms with Crippen molar-refractivity contribution < 1.29 is 19.4 Å². The van der Waals surface area contributed by atoms with Gasteiger partial charge in [0.1, 0.15) is 18.0 Å². The number of rotatable bonds is 6. The van der Waals surface area contributed by atoms with E-state index < -0.39 is 11.7 Å². The van der Waals surface area contributed by atoms with Crippen LogP contribution in [0.3, 0.4) is 0 Å². The first-order valence-corrected chi connectivity index (χ1v) is 6.88. The van der Waals surface area contributed by atoms with Crippen LogP contribution in [-0.4, -0.2) is 36.6 Å². The number of aliphatic hydroxyl groups excluding tert-OH is 1. The highest BCUT2D eigenvalue weighted by Crippen LogP contribution is 2.13. The van der Waals surface area contributed by atoms with E-state index in [0.29, 0.717) is 12.3 Å². The zero-order valence-corrected chi connectivity index (χ0v) is 12.8. The van der Waals surface area contributed by atoms with E-state index in [0.717, 1.165) is 5.56 Å². The van der Waals surface area contributed by atoms with Gasteiger partial charge in [-0.1, -0.05) is 24.3 Å². The number of aliphatic hydroxyl groups is 1. The molecule has 0 heterocycles. The van der Waals surface area contributed by atoms with Crippen molar-refractivity contribution in [2.45, 2.75) is 26.4 Å². The molecular weight excluding hydrogens is 270 g/mol. The summed E-state index contributed by atoms with van der Waals surface area (Å²) in [5, 5.41) is 11.3. The van der Waals surface area contributed by atoms with Crippen molar-refractivity contribution in [3.8, 4) is 5.75 Å². The highest BCUT2D eigenvalue weighted by Gasteiger charge is 2.14. The van der Waals surface area contributed by atoms with Crippen molar-refractivity contribution in [2.75, 3.05) is 19.8 Å². The van der Waals surface area contributed by atoms with Crippen LogP contribution in [-0.2, 0) is 4.74 Å². The van der Waals surface area contributed by atoms with Crippen molar-refractivity contribution in [2.24, 2.45) is 0 Å². The third-order valence-electron chi connectivity index (χ3n) is 2.31. The summed E-state index contributed by atoms with van der Waals surface area (Å²) >= 11 is 0. The first-order valence-electron chi connectivity index (χ1n) is 6.88. The summed E-state index contributed by atoms with van der Waals surface area (Å²) in [6.45, 7) is 6.15. The number of carbonyl (C=O) groups is 1. The summed E-state index contributed by atoms with van der Waals surface area (Å²) < 4.78 is 10.4. The first-order chi connectivity index (χ1) is 9.90. The number of amides is 1. The lowest BCUT2D eigenvalue weighted by Gasteiger charge is -2.19. The second kappa shape index (κ2) is 8.32. The summed E-state index contributed by atoms with van der Waals surface area (Å²) in [4.78, 5) is 11.4. The van der Waals surface area contributed by atoms with Crippen molar-refractivity contribution >= 4 is 12.2 Å². The summed E-state index contributed by atoms with van der Waals surface area (Å²) in [5.41, 5.74) is 0.510. The number of nitrogens with one attached hydrogen (secondary N) is 1. The predicted molar refractivity (Wildman–Crippen MR) is 82.3 cm³/mol. The molecule has 0 bridgehead atoms. The molecule has 0 aliphatic carbocycles. The molecule has 1 rings (SSSR count). The van der Waals surface area contributed by atoms with E-state index in [9.17, 15) is 4.79 Å². The number of hydrogen-bond acceptors (Lipinski definition) is 4. The Labute approximate surface area is 125 Å². The molecule has 2 N–H and O–H groups in total. The van der Waals surface area contributed by atoms with Crippen molar-refractivity contribution in [1.82, 2.24) is 5.32 Å². The van der Waals surface area contributed by atoms with Crippen LogP contribution in [0, 0.1) is 0 Å². The molecule has 0 aliphatic heterocycles. The Hall–Kier alpha value is -2.01. The number of benzene rings is 1. The Bertz CT molecular complexity index is 460. The molecule has 5 nitrogen and oxygen atoms in total. The molecule has 0 fully saturated rings. The quantitative estimate of drug-likeness (QED) is 0.846. The van der Waals surface area contributed by atoms with Crippen LogP contribution in [0.1, 0.15) is 26.3 Å². The van der Waals surface area contributed by atoms with E-state index in [1.165, 1.54) is 0 Å². The molecule has 0 saturated heterocycles. The maximum atomic E-state index is 11.4. The molecule has 0 aliphatic rings. The monoisotopic (exact) mass is 293 g/mol. The predicted octanol–water partition coefficient (Wildman–Crippen LogP) is 2.60. The van der Waals surface area contributed by atoms with Gasteiger partial charge in [-0.3, -0.25) is 0 Å². The lowest BCUT2D eigenvalue weighted by Crippen LogP contribution is -2.32. The molecule has 0 spiro atoms. The van der Waals surface area contributed by atoms with Gasteiger partial charge in [-0.15, -0.1) is 0 Å². The van der Waals surface area contributed by atoms with Crippen molar-refractivity contribution in [1.29, 1.82) is 0 Å². The van der Waals surface area contributed by atoms with E-state index >= 15 is 0 Å². The van der Waals surface area contributed by atoms with E-state index in [2.05, 4.69) is 5.32 Å². The van der Waals surface area contributed by atoms with Gasteiger partial charge in [0.05, 0.1) is 6.61 Å². The molecular formula is C16H23NO4. The average molecular weight is 293 g/mol. The van der Waals surface area contributed by atoms with Crippen LogP contribution in [0.15, 0.2) is 30.3 Å². The minimum absolute atomic E-state index is 0.00200. The van der Waals surface area contributed by atoms with Gasteiger partial charge in [-0.05, 0) is 38.5 Å². The van der Waals surface area contributed by atoms with Gasteiger partial charge >= 0.3 is 6.09 Å². The molecule has 1 aromatic rings. The Kier molecular flexibility index (Phi) is 6.75. The average Bonchev–Trinajstić information content (AvgIpc) is 2.41. The number of carbonyl (C=O) groups excluding carboxylic acids is 1. The second-order valence-electron chi connectivity index (χ2n) is 5.43. The van der Waals surface area contributed by atoms with Gasteiger partial charge < -0.3 is 19.9 Å². The third kappa shape index (κ3) is 7.99. The van der Waals surface area contributed by atoms with Crippen LogP contribution < -0.4 is 10.1 Å². The Balaban J connectivity index is 2.35. The first kappa shape index (κ1) is 17.0. The van der Waals surface area contributed by atoms with Crippen molar-refractivity contribution in [3.63, 3.8) is 0 Å². The summed E-state index contributed by atoms with van der Waals surface area (Å²) in [6, 6.07) is 7.46. The molecule has 0 aromatic heterocycles. The molecule has 116 valence electrons. The second-order valence-corrected chi connectivity index (χ2v) is 5.43. The molecule has 5 heteroatoms. The topological polar surface area (TPSA) is 67.8 Å². The molecule has 0 atom stereocenters. The molecule has 1 aromatic carbocycles. The molecule has 0 unspecified atom stereocenters. The lowest BCUT2D eigenvalue weighted by atomic mass is 10.2.